The van der Waals surface area contributed by atoms with E-state index in [0.717, 1.165) is 55.6 Å². The third kappa shape index (κ3) is 5.22. The maximum atomic E-state index is 12.3. The molecule has 1 heterocycles. The highest BCUT2D eigenvalue weighted by molar-refractivity contribution is 5.94. The van der Waals surface area contributed by atoms with Gasteiger partial charge in [-0.05, 0) is 57.2 Å². The van der Waals surface area contributed by atoms with Gasteiger partial charge in [-0.2, -0.15) is 0 Å². The minimum Gasteiger partial charge on any atom is -0.385 e. The van der Waals surface area contributed by atoms with E-state index in [0.29, 0.717) is 24.2 Å². The molecule has 0 aromatic heterocycles. The zero-order chi connectivity index (χ0) is 22.7. The maximum absolute atomic E-state index is 12.3. The molecule has 2 aromatic carbocycles. The van der Waals surface area contributed by atoms with Gasteiger partial charge in [0, 0.05) is 30.4 Å². The SMILES string of the molecule is C=C(CNC(=O)c1cccc(C)c1)NC1CN(C2CCC(O)(c3ccc(C)cc3)CC2)C1. The van der Waals surface area contributed by atoms with E-state index in [1.165, 1.54) is 5.56 Å². The second kappa shape index (κ2) is 9.47. The molecule has 5 nitrogen and oxygen atoms in total. The summed E-state index contributed by atoms with van der Waals surface area (Å²) in [6.07, 6.45) is 3.66. The topological polar surface area (TPSA) is 64.6 Å². The van der Waals surface area contributed by atoms with Gasteiger partial charge in [0.2, 0.25) is 0 Å². The smallest absolute Gasteiger partial charge is 0.251 e. The highest BCUT2D eigenvalue weighted by atomic mass is 16.3. The van der Waals surface area contributed by atoms with E-state index in [1.807, 2.05) is 31.2 Å². The second-order valence-electron chi connectivity index (χ2n) is 9.58. The van der Waals surface area contributed by atoms with Crippen LogP contribution in [0, 0.1) is 13.8 Å². The molecule has 0 bridgehead atoms. The van der Waals surface area contributed by atoms with Gasteiger partial charge in [-0.15, -0.1) is 0 Å². The fourth-order valence-electron chi connectivity index (χ4n) is 4.91. The average molecular weight is 434 g/mol. The Morgan fingerprint density at radius 1 is 1.09 bits per heavy atom. The largest absolute Gasteiger partial charge is 0.385 e. The summed E-state index contributed by atoms with van der Waals surface area (Å²) in [5, 5.41) is 17.5. The van der Waals surface area contributed by atoms with Crippen LogP contribution in [0.5, 0.6) is 0 Å². The Kier molecular flexibility index (Phi) is 6.68. The van der Waals surface area contributed by atoms with E-state index in [9.17, 15) is 9.90 Å². The van der Waals surface area contributed by atoms with E-state index >= 15 is 0 Å². The number of nitrogens with one attached hydrogen (secondary N) is 2. The molecule has 32 heavy (non-hydrogen) atoms. The van der Waals surface area contributed by atoms with E-state index < -0.39 is 5.60 Å². The minimum absolute atomic E-state index is 0.0739. The molecular weight excluding hydrogens is 398 g/mol. The molecule has 1 aliphatic carbocycles. The molecule has 0 atom stereocenters. The summed E-state index contributed by atoms with van der Waals surface area (Å²) < 4.78 is 0. The lowest BCUT2D eigenvalue weighted by molar-refractivity contribution is -0.0396. The van der Waals surface area contributed by atoms with Crippen LogP contribution in [-0.2, 0) is 5.60 Å². The van der Waals surface area contributed by atoms with Crippen LogP contribution in [0.3, 0.4) is 0 Å². The van der Waals surface area contributed by atoms with Crippen molar-refractivity contribution in [3.63, 3.8) is 0 Å². The fraction of sp³-hybridized carbons (Fsp3) is 0.444. The van der Waals surface area contributed by atoms with Crippen molar-refractivity contribution >= 4 is 5.91 Å². The Morgan fingerprint density at radius 2 is 1.78 bits per heavy atom. The van der Waals surface area contributed by atoms with Gasteiger partial charge in [-0.25, -0.2) is 0 Å². The summed E-state index contributed by atoms with van der Waals surface area (Å²) in [6, 6.07) is 16.8. The van der Waals surface area contributed by atoms with Crippen molar-refractivity contribution in [2.45, 2.75) is 57.2 Å². The summed E-state index contributed by atoms with van der Waals surface area (Å²) in [5.41, 5.74) is 4.18. The number of aryl methyl sites for hydroxylation is 2. The molecule has 4 rings (SSSR count). The molecule has 1 aliphatic heterocycles. The van der Waals surface area contributed by atoms with Crippen LogP contribution in [0.4, 0.5) is 0 Å². The number of rotatable bonds is 7. The normalized spacial score (nSPS) is 23.9. The van der Waals surface area contributed by atoms with Gasteiger partial charge in [0.25, 0.3) is 5.91 Å². The molecule has 0 radical (unpaired) electrons. The molecule has 170 valence electrons. The van der Waals surface area contributed by atoms with Crippen LogP contribution in [-0.4, -0.2) is 47.6 Å². The zero-order valence-electron chi connectivity index (χ0n) is 19.2. The lowest BCUT2D eigenvalue weighted by Crippen LogP contribution is -2.62. The first-order chi connectivity index (χ1) is 15.3. The number of carbonyl (C=O) groups excluding carboxylic acids is 1. The Morgan fingerprint density at radius 3 is 2.44 bits per heavy atom. The van der Waals surface area contributed by atoms with Gasteiger partial charge in [0.15, 0.2) is 0 Å². The van der Waals surface area contributed by atoms with Gasteiger partial charge in [-0.1, -0.05) is 54.1 Å². The number of hydrogen-bond donors (Lipinski definition) is 3. The van der Waals surface area contributed by atoms with Crippen LogP contribution in [0.25, 0.3) is 0 Å². The Labute approximate surface area is 191 Å². The van der Waals surface area contributed by atoms with Crippen molar-refractivity contribution < 1.29 is 9.90 Å². The Bertz CT molecular complexity index is 955. The lowest BCUT2D eigenvalue weighted by Gasteiger charge is -2.48. The number of amides is 1. The standard InChI is InChI=1S/C27H35N3O2/c1-19-7-9-23(10-8-19)27(32)13-11-25(12-14-27)30-17-24(18-30)29-21(3)16-28-26(31)22-6-4-5-20(2)15-22/h4-10,15,24-25,29,32H,3,11-14,16-18H2,1-2H3,(H,28,31). The summed E-state index contributed by atoms with van der Waals surface area (Å²) >= 11 is 0. The van der Waals surface area contributed by atoms with Crippen molar-refractivity contribution in [2.75, 3.05) is 19.6 Å². The molecule has 2 aliphatic rings. The fourth-order valence-corrected chi connectivity index (χ4v) is 4.91. The van der Waals surface area contributed by atoms with Crippen LogP contribution in [0.15, 0.2) is 60.8 Å². The minimum atomic E-state index is -0.684. The first-order valence-electron chi connectivity index (χ1n) is 11.7. The summed E-state index contributed by atoms with van der Waals surface area (Å²) in [6.45, 7) is 10.5. The van der Waals surface area contributed by atoms with Crippen molar-refractivity contribution in [1.82, 2.24) is 15.5 Å². The second-order valence-corrected chi connectivity index (χ2v) is 9.58. The predicted molar refractivity (Wildman–Crippen MR) is 128 cm³/mol. The number of hydrogen-bond acceptors (Lipinski definition) is 4. The van der Waals surface area contributed by atoms with Gasteiger partial charge in [0.05, 0.1) is 18.2 Å². The molecule has 2 aromatic rings. The van der Waals surface area contributed by atoms with E-state index in [-0.39, 0.29) is 5.91 Å². The van der Waals surface area contributed by atoms with Gasteiger partial charge in [0.1, 0.15) is 0 Å². The number of nitrogens with zero attached hydrogens (tertiary/aromatic N) is 1. The highest BCUT2D eigenvalue weighted by Crippen LogP contribution is 2.39. The van der Waals surface area contributed by atoms with Gasteiger partial charge in [-0.3, -0.25) is 9.69 Å². The molecule has 5 heteroatoms. The van der Waals surface area contributed by atoms with Crippen LogP contribution < -0.4 is 10.6 Å². The zero-order valence-corrected chi connectivity index (χ0v) is 19.2. The predicted octanol–water partition coefficient (Wildman–Crippen LogP) is 3.65. The van der Waals surface area contributed by atoms with E-state index in [1.54, 1.807) is 0 Å². The summed E-state index contributed by atoms with van der Waals surface area (Å²) in [7, 11) is 0. The Hall–Kier alpha value is -2.63. The van der Waals surface area contributed by atoms with Crippen molar-refractivity contribution in [3.8, 4) is 0 Å². The third-order valence-corrected chi connectivity index (χ3v) is 6.95. The number of likely N-dealkylation sites (tertiary alicyclic amines) is 1. The Balaban J connectivity index is 1.17. The van der Waals surface area contributed by atoms with Crippen molar-refractivity contribution in [2.24, 2.45) is 0 Å². The molecule has 1 saturated heterocycles. The molecule has 0 spiro atoms. The first-order valence-corrected chi connectivity index (χ1v) is 11.7. The van der Waals surface area contributed by atoms with Gasteiger partial charge >= 0.3 is 0 Å². The average Bonchev–Trinajstić information content (AvgIpc) is 2.75. The highest BCUT2D eigenvalue weighted by Gasteiger charge is 2.40. The quantitative estimate of drug-likeness (QED) is 0.624. The first kappa shape index (κ1) is 22.6. The van der Waals surface area contributed by atoms with Crippen LogP contribution >= 0.6 is 0 Å². The number of carbonyl (C=O) groups is 1. The number of benzene rings is 2. The third-order valence-electron chi connectivity index (χ3n) is 6.95. The van der Waals surface area contributed by atoms with Crippen LogP contribution in [0.2, 0.25) is 0 Å². The molecule has 2 fully saturated rings. The molecule has 0 unspecified atom stereocenters. The maximum Gasteiger partial charge on any atom is 0.251 e. The summed E-state index contributed by atoms with van der Waals surface area (Å²) in [4.78, 5) is 14.8. The molecular formula is C27H35N3O2. The van der Waals surface area contributed by atoms with Crippen LogP contribution in [0.1, 0.15) is 52.7 Å². The molecule has 1 amide bonds. The number of aliphatic hydroxyl groups is 1. The van der Waals surface area contributed by atoms with E-state index in [2.05, 4.69) is 53.3 Å². The van der Waals surface area contributed by atoms with Crippen molar-refractivity contribution in [1.29, 1.82) is 0 Å². The van der Waals surface area contributed by atoms with Crippen molar-refractivity contribution in [3.05, 3.63) is 83.1 Å². The lowest BCUT2D eigenvalue weighted by atomic mass is 9.76. The van der Waals surface area contributed by atoms with Gasteiger partial charge < -0.3 is 15.7 Å². The summed E-state index contributed by atoms with van der Waals surface area (Å²) in [5.74, 6) is -0.0739. The van der Waals surface area contributed by atoms with E-state index in [4.69, 9.17) is 0 Å². The molecule has 1 saturated carbocycles. The monoisotopic (exact) mass is 433 g/mol. The molecule has 3 N–H and O–H groups in total.